The van der Waals surface area contributed by atoms with Crippen LogP contribution in [0, 0.1) is 5.82 Å². The molecule has 0 saturated heterocycles. The van der Waals surface area contributed by atoms with Crippen molar-refractivity contribution in [1.29, 1.82) is 0 Å². The molecule has 0 radical (unpaired) electrons. The standard InChI is InChI=1S/C14H10FNO2/c1-17-12-5-3-2-4-10(12)14-16-11-8-9(15)6-7-13(11)18-14/h2-8H,1H3. The van der Waals surface area contributed by atoms with E-state index in [2.05, 4.69) is 4.98 Å². The molecule has 90 valence electrons. The molecule has 18 heavy (non-hydrogen) atoms. The molecule has 3 aromatic rings. The number of aromatic nitrogens is 1. The first kappa shape index (κ1) is 10.8. The van der Waals surface area contributed by atoms with E-state index in [9.17, 15) is 4.39 Å². The summed E-state index contributed by atoms with van der Waals surface area (Å²) in [6, 6.07) is 11.7. The molecule has 0 atom stereocenters. The van der Waals surface area contributed by atoms with Crippen molar-refractivity contribution in [3.8, 4) is 17.2 Å². The highest BCUT2D eigenvalue weighted by Gasteiger charge is 2.12. The van der Waals surface area contributed by atoms with Gasteiger partial charge in [0.05, 0.1) is 12.7 Å². The van der Waals surface area contributed by atoms with Gasteiger partial charge < -0.3 is 9.15 Å². The zero-order chi connectivity index (χ0) is 12.5. The summed E-state index contributed by atoms with van der Waals surface area (Å²) in [5.74, 6) is 0.764. The Bertz CT molecular complexity index is 706. The Morgan fingerprint density at radius 2 is 2.00 bits per heavy atom. The second-order valence-electron chi connectivity index (χ2n) is 3.83. The summed E-state index contributed by atoms with van der Waals surface area (Å²) in [6.45, 7) is 0. The van der Waals surface area contributed by atoms with E-state index in [1.54, 1.807) is 13.2 Å². The maximum Gasteiger partial charge on any atom is 0.231 e. The normalized spacial score (nSPS) is 10.8. The molecule has 0 bridgehead atoms. The monoisotopic (exact) mass is 243 g/mol. The van der Waals surface area contributed by atoms with E-state index in [1.807, 2.05) is 24.3 Å². The molecule has 0 aliphatic carbocycles. The summed E-state index contributed by atoms with van der Waals surface area (Å²) in [4.78, 5) is 4.27. The first-order valence-electron chi connectivity index (χ1n) is 5.47. The highest BCUT2D eigenvalue weighted by Crippen LogP contribution is 2.31. The summed E-state index contributed by atoms with van der Waals surface area (Å²) in [5, 5.41) is 0. The molecule has 0 fully saturated rings. The minimum absolute atomic E-state index is 0.331. The van der Waals surface area contributed by atoms with Gasteiger partial charge >= 0.3 is 0 Å². The van der Waals surface area contributed by atoms with Crippen molar-refractivity contribution in [2.75, 3.05) is 7.11 Å². The molecule has 4 heteroatoms. The number of para-hydroxylation sites is 1. The highest BCUT2D eigenvalue weighted by atomic mass is 19.1. The molecule has 0 amide bonds. The number of oxazole rings is 1. The Balaban J connectivity index is 2.19. The zero-order valence-corrected chi connectivity index (χ0v) is 9.68. The van der Waals surface area contributed by atoms with Gasteiger partial charge in [-0.15, -0.1) is 0 Å². The number of methoxy groups -OCH3 is 1. The van der Waals surface area contributed by atoms with E-state index >= 15 is 0 Å². The topological polar surface area (TPSA) is 35.3 Å². The van der Waals surface area contributed by atoms with E-state index in [0.29, 0.717) is 22.7 Å². The van der Waals surface area contributed by atoms with E-state index in [1.165, 1.54) is 12.1 Å². The molecule has 0 N–H and O–H groups in total. The van der Waals surface area contributed by atoms with E-state index in [4.69, 9.17) is 9.15 Å². The number of hydrogen-bond acceptors (Lipinski definition) is 3. The van der Waals surface area contributed by atoms with Gasteiger partial charge in [0.25, 0.3) is 0 Å². The average molecular weight is 243 g/mol. The van der Waals surface area contributed by atoms with Gasteiger partial charge in [0.2, 0.25) is 5.89 Å². The van der Waals surface area contributed by atoms with Crippen LogP contribution in [0.3, 0.4) is 0 Å². The lowest BCUT2D eigenvalue weighted by molar-refractivity contribution is 0.414. The lowest BCUT2D eigenvalue weighted by Crippen LogP contribution is -1.86. The Kier molecular flexibility index (Phi) is 2.48. The van der Waals surface area contributed by atoms with Gasteiger partial charge in [0.15, 0.2) is 5.58 Å². The van der Waals surface area contributed by atoms with Crippen LogP contribution in [0.2, 0.25) is 0 Å². The smallest absolute Gasteiger partial charge is 0.231 e. The van der Waals surface area contributed by atoms with Crippen molar-refractivity contribution < 1.29 is 13.5 Å². The molecule has 1 heterocycles. The van der Waals surface area contributed by atoms with Gasteiger partial charge in [0.1, 0.15) is 17.1 Å². The number of halogens is 1. The number of rotatable bonds is 2. The summed E-state index contributed by atoms with van der Waals surface area (Å²) in [7, 11) is 1.58. The molecule has 0 spiro atoms. The van der Waals surface area contributed by atoms with Crippen molar-refractivity contribution in [2.24, 2.45) is 0 Å². The Hall–Kier alpha value is -2.36. The quantitative estimate of drug-likeness (QED) is 0.689. The molecule has 0 unspecified atom stereocenters. The Labute approximate surface area is 103 Å². The third-order valence-electron chi connectivity index (χ3n) is 2.69. The van der Waals surface area contributed by atoms with Gasteiger partial charge in [-0.2, -0.15) is 0 Å². The van der Waals surface area contributed by atoms with Gasteiger partial charge in [-0.05, 0) is 24.3 Å². The highest BCUT2D eigenvalue weighted by molar-refractivity contribution is 5.77. The Morgan fingerprint density at radius 1 is 1.17 bits per heavy atom. The number of hydrogen-bond donors (Lipinski definition) is 0. The summed E-state index contributed by atoms with van der Waals surface area (Å²) >= 11 is 0. The zero-order valence-electron chi connectivity index (χ0n) is 9.68. The third-order valence-corrected chi connectivity index (χ3v) is 2.69. The largest absolute Gasteiger partial charge is 0.496 e. The maximum atomic E-state index is 13.1. The molecule has 0 aliphatic heterocycles. The van der Waals surface area contributed by atoms with Crippen LogP contribution in [0.25, 0.3) is 22.6 Å². The van der Waals surface area contributed by atoms with Crippen molar-refractivity contribution in [3.63, 3.8) is 0 Å². The summed E-state index contributed by atoms with van der Waals surface area (Å²) < 4.78 is 23.9. The number of ether oxygens (including phenoxy) is 1. The van der Waals surface area contributed by atoms with Crippen molar-refractivity contribution in [1.82, 2.24) is 4.98 Å². The molecular formula is C14H10FNO2. The van der Waals surface area contributed by atoms with Crippen LogP contribution in [-0.4, -0.2) is 12.1 Å². The summed E-state index contributed by atoms with van der Waals surface area (Å²) in [5.41, 5.74) is 1.80. The van der Waals surface area contributed by atoms with Gasteiger partial charge in [0, 0.05) is 6.07 Å². The van der Waals surface area contributed by atoms with E-state index < -0.39 is 0 Å². The van der Waals surface area contributed by atoms with Crippen molar-refractivity contribution >= 4 is 11.1 Å². The van der Waals surface area contributed by atoms with E-state index in [-0.39, 0.29) is 5.82 Å². The minimum atomic E-state index is -0.331. The second-order valence-corrected chi connectivity index (χ2v) is 3.83. The van der Waals surface area contributed by atoms with Crippen LogP contribution in [0.1, 0.15) is 0 Å². The molecule has 0 saturated carbocycles. The third kappa shape index (κ3) is 1.72. The lowest BCUT2D eigenvalue weighted by Gasteiger charge is -2.03. The molecule has 2 aromatic carbocycles. The van der Waals surface area contributed by atoms with Gasteiger partial charge in [-0.1, -0.05) is 12.1 Å². The Morgan fingerprint density at radius 3 is 2.83 bits per heavy atom. The van der Waals surface area contributed by atoms with Gasteiger partial charge in [-0.3, -0.25) is 0 Å². The number of nitrogens with zero attached hydrogens (tertiary/aromatic N) is 1. The second kappa shape index (κ2) is 4.14. The maximum absolute atomic E-state index is 13.1. The van der Waals surface area contributed by atoms with Crippen LogP contribution < -0.4 is 4.74 Å². The number of fused-ring (bicyclic) bond motifs is 1. The number of benzene rings is 2. The van der Waals surface area contributed by atoms with Crippen molar-refractivity contribution in [2.45, 2.75) is 0 Å². The predicted octanol–water partition coefficient (Wildman–Crippen LogP) is 3.64. The van der Waals surface area contributed by atoms with Crippen LogP contribution in [0.5, 0.6) is 5.75 Å². The first-order valence-corrected chi connectivity index (χ1v) is 5.47. The molecule has 3 rings (SSSR count). The summed E-state index contributed by atoms with van der Waals surface area (Å²) in [6.07, 6.45) is 0. The van der Waals surface area contributed by atoms with Crippen molar-refractivity contribution in [3.05, 3.63) is 48.3 Å². The fourth-order valence-corrected chi connectivity index (χ4v) is 1.84. The first-order chi connectivity index (χ1) is 8.78. The van der Waals surface area contributed by atoms with Gasteiger partial charge in [-0.25, -0.2) is 9.37 Å². The fraction of sp³-hybridized carbons (Fsp3) is 0.0714. The minimum Gasteiger partial charge on any atom is -0.496 e. The average Bonchev–Trinajstić information content (AvgIpc) is 2.81. The van der Waals surface area contributed by atoms with Crippen LogP contribution in [0.4, 0.5) is 4.39 Å². The fourth-order valence-electron chi connectivity index (χ4n) is 1.84. The van der Waals surface area contributed by atoms with E-state index in [0.717, 1.165) is 5.56 Å². The lowest BCUT2D eigenvalue weighted by atomic mass is 10.2. The predicted molar refractivity (Wildman–Crippen MR) is 66.0 cm³/mol. The SMILES string of the molecule is COc1ccccc1-c1nc2cc(F)ccc2o1. The molecule has 0 aliphatic rings. The molecule has 1 aromatic heterocycles. The van der Waals surface area contributed by atoms with Crippen LogP contribution >= 0.6 is 0 Å². The molecule has 3 nitrogen and oxygen atoms in total. The van der Waals surface area contributed by atoms with Crippen LogP contribution in [-0.2, 0) is 0 Å². The van der Waals surface area contributed by atoms with Crippen LogP contribution in [0.15, 0.2) is 46.9 Å². The molecular weight excluding hydrogens is 233 g/mol.